The zero-order chi connectivity index (χ0) is 8.91. The van der Waals surface area contributed by atoms with Crippen molar-refractivity contribution in [3.05, 3.63) is 12.2 Å². The first-order valence-corrected chi connectivity index (χ1v) is 3.71. The Balaban J connectivity index is 4.10. The summed E-state index contributed by atoms with van der Waals surface area (Å²) in [6.07, 6.45) is 4.13. The molecule has 64 valence electrons. The van der Waals surface area contributed by atoms with Crippen molar-refractivity contribution in [1.82, 2.24) is 0 Å². The number of allylic oxidation sites excluding steroid dienone is 1. The molecule has 0 aliphatic carbocycles. The molecular weight excluding hydrogens is 140 g/mol. The molecule has 0 fully saturated rings. The molecule has 0 aliphatic heterocycles. The molecule has 0 heterocycles. The first-order valence-electron chi connectivity index (χ1n) is 3.71. The van der Waals surface area contributed by atoms with Crippen molar-refractivity contribution in [1.29, 1.82) is 0 Å². The highest BCUT2D eigenvalue weighted by atomic mass is 16.5. The molecule has 2 nitrogen and oxygen atoms in total. The fourth-order valence-corrected chi connectivity index (χ4v) is 0.630. The summed E-state index contributed by atoms with van der Waals surface area (Å²) in [6, 6.07) is 0. The number of rotatable bonds is 4. The molecule has 0 rings (SSSR count). The summed E-state index contributed by atoms with van der Waals surface area (Å²) >= 11 is 0. The quantitative estimate of drug-likeness (QED) is 0.458. The van der Waals surface area contributed by atoms with Crippen LogP contribution in [-0.4, -0.2) is 19.0 Å². The van der Waals surface area contributed by atoms with Gasteiger partial charge in [0.1, 0.15) is 6.29 Å². The van der Waals surface area contributed by atoms with Crippen molar-refractivity contribution in [2.24, 2.45) is 5.92 Å². The fourth-order valence-electron chi connectivity index (χ4n) is 0.630. The van der Waals surface area contributed by atoms with Gasteiger partial charge in [0, 0.05) is 13.0 Å². The molecule has 0 saturated carbocycles. The van der Waals surface area contributed by atoms with Gasteiger partial charge in [-0.05, 0) is 19.9 Å². The standard InChI is InChI=1S/C9H16O2/c1-8(6-5-7-10)9(2,3)11-4/h5-8H,1-4H3/b6-5+. The van der Waals surface area contributed by atoms with Crippen LogP contribution in [0.2, 0.25) is 0 Å². The average Bonchev–Trinajstić information content (AvgIpc) is 2.00. The van der Waals surface area contributed by atoms with E-state index in [9.17, 15) is 4.79 Å². The maximum Gasteiger partial charge on any atom is 0.142 e. The smallest absolute Gasteiger partial charge is 0.142 e. The van der Waals surface area contributed by atoms with Gasteiger partial charge in [0.05, 0.1) is 5.60 Å². The van der Waals surface area contributed by atoms with Crippen LogP contribution in [0.15, 0.2) is 12.2 Å². The lowest BCUT2D eigenvalue weighted by Gasteiger charge is -2.27. The predicted molar refractivity (Wildman–Crippen MR) is 45.5 cm³/mol. The van der Waals surface area contributed by atoms with Crippen LogP contribution in [0.5, 0.6) is 0 Å². The summed E-state index contributed by atoms with van der Waals surface area (Å²) in [6.45, 7) is 6.00. The van der Waals surface area contributed by atoms with Crippen LogP contribution in [0.3, 0.4) is 0 Å². The summed E-state index contributed by atoms with van der Waals surface area (Å²) < 4.78 is 5.23. The average molecular weight is 156 g/mol. The van der Waals surface area contributed by atoms with Gasteiger partial charge in [-0.2, -0.15) is 0 Å². The molecule has 1 atom stereocenters. The summed E-state index contributed by atoms with van der Waals surface area (Å²) in [4.78, 5) is 10.00. The number of methoxy groups -OCH3 is 1. The van der Waals surface area contributed by atoms with Crippen LogP contribution >= 0.6 is 0 Å². The number of carbonyl (C=O) groups excluding carboxylic acids is 1. The van der Waals surface area contributed by atoms with Gasteiger partial charge in [0.25, 0.3) is 0 Å². The van der Waals surface area contributed by atoms with E-state index < -0.39 is 0 Å². The number of aldehydes is 1. The summed E-state index contributed by atoms with van der Waals surface area (Å²) in [5.41, 5.74) is -0.195. The molecule has 11 heavy (non-hydrogen) atoms. The molecule has 0 amide bonds. The van der Waals surface area contributed by atoms with Crippen LogP contribution in [0.4, 0.5) is 0 Å². The molecule has 0 bridgehead atoms. The van der Waals surface area contributed by atoms with E-state index in [1.54, 1.807) is 7.11 Å². The Labute approximate surface area is 68.2 Å². The Morgan fingerprint density at radius 2 is 2.00 bits per heavy atom. The van der Waals surface area contributed by atoms with E-state index in [0.717, 1.165) is 6.29 Å². The number of hydrogen-bond acceptors (Lipinski definition) is 2. The van der Waals surface area contributed by atoms with Crippen LogP contribution in [-0.2, 0) is 9.53 Å². The maximum atomic E-state index is 10.00. The lowest BCUT2D eigenvalue weighted by Crippen LogP contribution is -2.29. The molecule has 0 spiro atoms. The Hall–Kier alpha value is -0.630. The van der Waals surface area contributed by atoms with E-state index in [-0.39, 0.29) is 11.5 Å². The minimum Gasteiger partial charge on any atom is -0.378 e. The molecular formula is C9H16O2. The molecule has 0 saturated heterocycles. The molecule has 0 aromatic carbocycles. The van der Waals surface area contributed by atoms with E-state index >= 15 is 0 Å². The van der Waals surface area contributed by atoms with Crippen molar-refractivity contribution in [2.75, 3.05) is 7.11 Å². The molecule has 2 heteroatoms. The van der Waals surface area contributed by atoms with Crippen molar-refractivity contribution in [2.45, 2.75) is 26.4 Å². The lowest BCUT2D eigenvalue weighted by atomic mass is 9.92. The predicted octanol–water partition coefficient (Wildman–Crippen LogP) is 1.80. The summed E-state index contributed by atoms with van der Waals surface area (Å²) in [5.74, 6) is 0.248. The zero-order valence-electron chi connectivity index (χ0n) is 7.63. The van der Waals surface area contributed by atoms with Gasteiger partial charge in [-0.1, -0.05) is 13.0 Å². The topological polar surface area (TPSA) is 26.3 Å². The fraction of sp³-hybridized carbons (Fsp3) is 0.667. The maximum absolute atomic E-state index is 10.00. The van der Waals surface area contributed by atoms with Crippen LogP contribution in [0.1, 0.15) is 20.8 Å². The van der Waals surface area contributed by atoms with E-state index in [1.807, 2.05) is 26.8 Å². The molecule has 0 aromatic rings. The first-order chi connectivity index (χ1) is 5.04. The van der Waals surface area contributed by atoms with Gasteiger partial charge in [0.15, 0.2) is 0 Å². The van der Waals surface area contributed by atoms with Gasteiger partial charge in [-0.3, -0.25) is 4.79 Å². The molecule has 1 unspecified atom stereocenters. The van der Waals surface area contributed by atoms with E-state index in [0.29, 0.717) is 0 Å². The second-order valence-corrected chi connectivity index (χ2v) is 3.12. The van der Waals surface area contributed by atoms with Crippen LogP contribution in [0, 0.1) is 5.92 Å². The van der Waals surface area contributed by atoms with E-state index in [2.05, 4.69) is 0 Å². The normalized spacial score (nSPS) is 15.3. The molecule has 0 aliphatic rings. The van der Waals surface area contributed by atoms with Gasteiger partial charge in [-0.15, -0.1) is 0 Å². The van der Waals surface area contributed by atoms with Crippen LogP contribution in [0.25, 0.3) is 0 Å². The third-order valence-electron chi connectivity index (χ3n) is 2.10. The third-order valence-corrected chi connectivity index (χ3v) is 2.10. The van der Waals surface area contributed by atoms with Gasteiger partial charge in [0.2, 0.25) is 0 Å². The molecule has 0 aromatic heterocycles. The Bertz CT molecular complexity index is 148. The van der Waals surface area contributed by atoms with Gasteiger partial charge < -0.3 is 4.74 Å². The van der Waals surface area contributed by atoms with Gasteiger partial charge >= 0.3 is 0 Å². The Kier molecular flexibility index (Phi) is 4.04. The zero-order valence-corrected chi connectivity index (χ0v) is 7.63. The van der Waals surface area contributed by atoms with E-state index in [1.165, 1.54) is 6.08 Å². The van der Waals surface area contributed by atoms with Crippen molar-refractivity contribution < 1.29 is 9.53 Å². The highest BCUT2D eigenvalue weighted by Gasteiger charge is 2.22. The highest BCUT2D eigenvalue weighted by molar-refractivity contribution is 5.64. The minimum absolute atomic E-state index is 0.195. The van der Waals surface area contributed by atoms with Crippen LogP contribution < -0.4 is 0 Å². The molecule has 0 radical (unpaired) electrons. The second-order valence-electron chi connectivity index (χ2n) is 3.12. The van der Waals surface area contributed by atoms with Gasteiger partial charge in [-0.25, -0.2) is 0 Å². The largest absolute Gasteiger partial charge is 0.378 e. The highest BCUT2D eigenvalue weighted by Crippen LogP contribution is 2.20. The minimum atomic E-state index is -0.195. The SMILES string of the molecule is COC(C)(C)C(C)/C=C/C=O. The molecule has 0 N–H and O–H groups in total. The number of carbonyl (C=O) groups is 1. The monoisotopic (exact) mass is 156 g/mol. The number of hydrogen-bond donors (Lipinski definition) is 0. The van der Waals surface area contributed by atoms with Crippen molar-refractivity contribution in [3.63, 3.8) is 0 Å². The van der Waals surface area contributed by atoms with Crippen molar-refractivity contribution >= 4 is 6.29 Å². The Morgan fingerprint density at radius 3 is 2.36 bits per heavy atom. The third kappa shape index (κ3) is 3.33. The van der Waals surface area contributed by atoms with Crippen molar-refractivity contribution in [3.8, 4) is 0 Å². The first kappa shape index (κ1) is 10.4. The summed E-state index contributed by atoms with van der Waals surface area (Å²) in [5, 5.41) is 0. The van der Waals surface area contributed by atoms with E-state index in [4.69, 9.17) is 4.74 Å². The number of ether oxygens (including phenoxy) is 1. The lowest BCUT2D eigenvalue weighted by molar-refractivity contribution is -0.104. The summed E-state index contributed by atoms with van der Waals surface area (Å²) in [7, 11) is 1.67. The second kappa shape index (κ2) is 4.29. The Morgan fingerprint density at radius 1 is 1.45 bits per heavy atom.